The second kappa shape index (κ2) is 4.41. The van der Waals surface area contributed by atoms with Gasteiger partial charge in [-0.2, -0.15) is 0 Å². The lowest BCUT2D eigenvalue weighted by molar-refractivity contribution is 0.0782. The third kappa shape index (κ3) is 2.25. The number of aliphatic hydroxyl groups is 2. The van der Waals surface area contributed by atoms with E-state index in [4.69, 9.17) is 18.0 Å². The third-order valence-electron chi connectivity index (χ3n) is 2.38. The van der Waals surface area contributed by atoms with Crippen LogP contribution < -0.4 is 0 Å². The Hall–Kier alpha value is -1.74. The summed E-state index contributed by atoms with van der Waals surface area (Å²) in [7, 11) is 0. The monoisotopic (exact) mass is 214 g/mol. The van der Waals surface area contributed by atoms with Crippen LogP contribution in [0.1, 0.15) is 36.1 Å². The summed E-state index contributed by atoms with van der Waals surface area (Å²) in [6.07, 6.45) is 10.7. The smallest absolute Gasteiger partial charge is 0.0853 e. The number of terminal acetylenes is 2. The summed E-state index contributed by atoms with van der Waals surface area (Å²) in [5.74, 6) is 4.96. The molecule has 0 fully saturated rings. The Morgan fingerprint density at radius 2 is 1.75 bits per heavy atom. The highest BCUT2D eigenvalue weighted by Crippen LogP contribution is 2.26. The maximum atomic E-state index is 9.96. The molecule has 82 valence electrons. The molecule has 2 nitrogen and oxygen atoms in total. The summed E-state index contributed by atoms with van der Waals surface area (Å²) in [6, 6.07) is 3.29. The molecule has 0 aliphatic heterocycles. The highest BCUT2D eigenvalue weighted by atomic mass is 16.3. The van der Waals surface area contributed by atoms with Gasteiger partial charge in [0.15, 0.2) is 0 Å². The molecule has 16 heavy (non-hydrogen) atoms. The summed E-state index contributed by atoms with van der Waals surface area (Å²) in [5.41, 5.74) is 1.25. The fourth-order valence-corrected chi connectivity index (χ4v) is 1.54. The largest absolute Gasteiger partial charge is 0.392 e. The number of hydrogen-bond acceptors (Lipinski definition) is 2. The maximum absolute atomic E-state index is 9.96. The van der Waals surface area contributed by atoms with Crippen LogP contribution in [0.3, 0.4) is 0 Å². The van der Waals surface area contributed by atoms with Crippen molar-refractivity contribution >= 4 is 0 Å². The number of rotatable bonds is 2. The number of hydrogen-bond donors (Lipinski definition) is 2. The topological polar surface area (TPSA) is 40.5 Å². The Bertz CT molecular complexity index is 479. The van der Waals surface area contributed by atoms with E-state index in [1.54, 1.807) is 26.0 Å². The maximum Gasteiger partial charge on any atom is 0.0853 e. The molecular formula is C14H14O2. The summed E-state index contributed by atoms with van der Waals surface area (Å²) < 4.78 is 0. The molecular weight excluding hydrogens is 200 g/mol. The number of benzene rings is 1. The van der Waals surface area contributed by atoms with Gasteiger partial charge in [0.05, 0.1) is 12.2 Å². The molecule has 0 saturated carbocycles. The molecule has 0 aliphatic carbocycles. The predicted octanol–water partition coefficient (Wildman–Crippen LogP) is 1.37. The highest BCUT2D eigenvalue weighted by molar-refractivity contribution is 5.52. The lowest BCUT2D eigenvalue weighted by Gasteiger charge is -2.21. The van der Waals surface area contributed by atoms with Crippen LogP contribution in [0.5, 0.6) is 0 Å². The van der Waals surface area contributed by atoms with E-state index in [0.717, 1.165) is 0 Å². The normalized spacial score (nSPS) is 10.6. The molecule has 1 aromatic rings. The second-order valence-corrected chi connectivity index (χ2v) is 4.06. The molecule has 0 atom stereocenters. The van der Waals surface area contributed by atoms with Gasteiger partial charge in [-0.1, -0.05) is 11.8 Å². The first kappa shape index (κ1) is 12.3. The first-order chi connectivity index (χ1) is 7.43. The zero-order valence-corrected chi connectivity index (χ0v) is 9.41. The SMILES string of the molecule is C#Cc1cc(C(C)(C)O)c(C#C)cc1CO. The third-order valence-corrected chi connectivity index (χ3v) is 2.38. The Kier molecular flexibility index (Phi) is 3.40. The minimum atomic E-state index is -1.05. The molecule has 0 saturated heterocycles. The van der Waals surface area contributed by atoms with Crippen LogP contribution >= 0.6 is 0 Å². The van der Waals surface area contributed by atoms with E-state index in [9.17, 15) is 5.11 Å². The van der Waals surface area contributed by atoms with E-state index in [0.29, 0.717) is 22.3 Å². The van der Waals surface area contributed by atoms with E-state index in [-0.39, 0.29) is 6.61 Å². The van der Waals surface area contributed by atoms with Crippen LogP contribution in [-0.2, 0) is 12.2 Å². The minimum Gasteiger partial charge on any atom is -0.392 e. The van der Waals surface area contributed by atoms with Crippen LogP contribution in [0.15, 0.2) is 12.1 Å². The molecule has 0 heterocycles. The molecule has 0 aliphatic rings. The predicted molar refractivity (Wildman–Crippen MR) is 63.5 cm³/mol. The van der Waals surface area contributed by atoms with Gasteiger partial charge in [-0.3, -0.25) is 0 Å². The molecule has 0 radical (unpaired) electrons. The highest BCUT2D eigenvalue weighted by Gasteiger charge is 2.21. The Morgan fingerprint density at radius 3 is 2.12 bits per heavy atom. The zero-order valence-electron chi connectivity index (χ0n) is 9.41. The van der Waals surface area contributed by atoms with Crippen molar-refractivity contribution < 1.29 is 10.2 Å². The van der Waals surface area contributed by atoms with Gasteiger partial charge < -0.3 is 10.2 Å². The van der Waals surface area contributed by atoms with Crippen molar-refractivity contribution in [3.05, 3.63) is 34.4 Å². The lowest BCUT2D eigenvalue weighted by Crippen LogP contribution is -2.18. The minimum absolute atomic E-state index is 0.166. The summed E-state index contributed by atoms with van der Waals surface area (Å²) in [4.78, 5) is 0. The van der Waals surface area contributed by atoms with Gasteiger partial charge in [0, 0.05) is 11.1 Å². The molecule has 0 aromatic heterocycles. The average Bonchev–Trinajstić information content (AvgIpc) is 2.25. The van der Waals surface area contributed by atoms with Crippen LogP contribution in [0.4, 0.5) is 0 Å². The zero-order chi connectivity index (χ0) is 12.3. The van der Waals surface area contributed by atoms with Crippen LogP contribution in [-0.4, -0.2) is 10.2 Å². The van der Waals surface area contributed by atoms with Crippen molar-refractivity contribution in [2.75, 3.05) is 0 Å². The molecule has 1 rings (SSSR count). The van der Waals surface area contributed by atoms with Gasteiger partial charge in [0.2, 0.25) is 0 Å². The van der Waals surface area contributed by atoms with Crippen molar-refractivity contribution in [1.82, 2.24) is 0 Å². The molecule has 0 amide bonds. The molecule has 2 N–H and O–H groups in total. The fourth-order valence-electron chi connectivity index (χ4n) is 1.54. The molecule has 0 unspecified atom stereocenters. The van der Waals surface area contributed by atoms with E-state index >= 15 is 0 Å². The Labute approximate surface area is 95.9 Å². The first-order valence-corrected chi connectivity index (χ1v) is 4.88. The van der Waals surface area contributed by atoms with Gasteiger partial charge in [0.25, 0.3) is 0 Å². The van der Waals surface area contributed by atoms with Crippen LogP contribution in [0, 0.1) is 24.7 Å². The lowest BCUT2D eigenvalue weighted by atomic mass is 9.89. The van der Waals surface area contributed by atoms with Crippen molar-refractivity contribution in [3.63, 3.8) is 0 Å². The van der Waals surface area contributed by atoms with E-state index in [1.807, 2.05) is 0 Å². The summed E-state index contributed by atoms with van der Waals surface area (Å²) in [5, 5.41) is 19.1. The summed E-state index contributed by atoms with van der Waals surface area (Å²) in [6.45, 7) is 3.12. The molecule has 2 heteroatoms. The number of aliphatic hydroxyl groups excluding tert-OH is 1. The Balaban J connectivity index is 3.54. The van der Waals surface area contributed by atoms with Crippen molar-refractivity contribution in [3.8, 4) is 24.7 Å². The quantitative estimate of drug-likeness (QED) is 0.730. The second-order valence-electron chi connectivity index (χ2n) is 4.06. The standard InChI is InChI=1S/C14H14O2/c1-5-10-8-13(14(3,4)16)11(6-2)7-12(10)9-15/h1-2,7-8,15-16H,9H2,3-4H3. The Morgan fingerprint density at radius 1 is 1.19 bits per heavy atom. The fraction of sp³-hybridized carbons (Fsp3) is 0.286. The van der Waals surface area contributed by atoms with Gasteiger partial charge in [0.1, 0.15) is 0 Å². The molecule has 0 bridgehead atoms. The van der Waals surface area contributed by atoms with Crippen molar-refractivity contribution in [1.29, 1.82) is 0 Å². The van der Waals surface area contributed by atoms with Gasteiger partial charge in [-0.25, -0.2) is 0 Å². The van der Waals surface area contributed by atoms with Crippen molar-refractivity contribution in [2.24, 2.45) is 0 Å². The van der Waals surface area contributed by atoms with Gasteiger partial charge in [-0.05, 0) is 37.1 Å². The molecule has 0 spiro atoms. The van der Waals surface area contributed by atoms with E-state index in [2.05, 4.69) is 11.8 Å². The average molecular weight is 214 g/mol. The van der Waals surface area contributed by atoms with E-state index in [1.165, 1.54) is 0 Å². The first-order valence-electron chi connectivity index (χ1n) is 4.88. The van der Waals surface area contributed by atoms with Gasteiger partial charge >= 0.3 is 0 Å². The van der Waals surface area contributed by atoms with Gasteiger partial charge in [-0.15, -0.1) is 12.8 Å². The summed E-state index contributed by atoms with van der Waals surface area (Å²) >= 11 is 0. The van der Waals surface area contributed by atoms with Crippen molar-refractivity contribution in [2.45, 2.75) is 26.1 Å². The molecule has 1 aromatic carbocycles. The van der Waals surface area contributed by atoms with Crippen LogP contribution in [0.25, 0.3) is 0 Å². The van der Waals surface area contributed by atoms with E-state index < -0.39 is 5.60 Å². The van der Waals surface area contributed by atoms with Crippen LogP contribution in [0.2, 0.25) is 0 Å².